The van der Waals surface area contributed by atoms with Crippen molar-refractivity contribution in [2.24, 2.45) is 5.41 Å². The number of benzene rings is 1. The Labute approximate surface area is 109 Å². The molecule has 106 valence electrons. The summed E-state index contributed by atoms with van der Waals surface area (Å²) in [5, 5.41) is 12.5. The minimum atomic E-state index is -4.45. The summed E-state index contributed by atoms with van der Waals surface area (Å²) >= 11 is 0. The molecule has 1 saturated carbocycles. The Hall–Kier alpha value is -1.43. The van der Waals surface area contributed by atoms with Crippen LogP contribution in [0.3, 0.4) is 0 Å². The first-order valence-corrected chi connectivity index (χ1v) is 6.03. The highest BCUT2D eigenvalue weighted by Crippen LogP contribution is 2.44. The quantitative estimate of drug-likeness (QED) is 0.727. The maximum absolute atomic E-state index is 12.9. The van der Waals surface area contributed by atoms with E-state index in [1.807, 2.05) is 13.8 Å². The van der Waals surface area contributed by atoms with Gasteiger partial charge in [-0.15, -0.1) is 0 Å². The molecule has 19 heavy (non-hydrogen) atoms. The van der Waals surface area contributed by atoms with Crippen molar-refractivity contribution in [3.63, 3.8) is 0 Å². The van der Waals surface area contributed by atoms with Gasteiger partial charge in [-0.2, -0.15) is 13.2 Å². The third-order valence-corrected chi connectivity index (χ3v) is 3.89. The molecule has 0 radical (unpaired) electrons. The van der Waals surface area contributed by atoms with Crippen LogP contribution in [0.4, 0.5) is 24.5 Å². The molecule has 0 aliphatic heterocycles. The van der Waals surface area contributed by atoms with E-state index in [1.165, 1.54) is 12.1 Å². The van der Waals surface area contributed by atoms with Crippen LogP contribution in [0.25, 0.3) is 0 Å². The summed E-state index contributed by atoms with van der Waals surface area (Å²) in [6, 6.07) is 3.50. The van der Waals surface area contributed by atoms with Gasteiger partial charge in [-0.3, -0.25) is 0 Å². The van der Waals surface area contributed by atoms with Crippen LogP contribution < -0.4 is 11.1 Å². The predicted octanol–water partition coefficient (Wildman–Crippen LogP) is 2.86. The van der Waals surface area contributed by atoms with E-state index < -0.39 is 23.3 Å². The molecule has 1 aliphatic rings. The molecule has 0 saturated heterocycles. The molecule has 2 atom stereocenters. The van der Waals surface area contributed by atoms with Crippen molar-refractivity contribution in [2.45, 2.75) is 38.6 Å². The Balaban J connectivity index is 2.27. The summed E-state index contributed by atoms with van der Waals surface area (Å²) in [4.78, 5) is 0. The molecule has 1 aromatic rings. The lowest BCUT2D eigenvalue weighted by Crippen LogP contribution is -2.57. The number of nitrogens with one attached hydrogen (secondary N) is 1. The molecule has 0 amide bonds. The normalized spacial score (nSPS) is 25.8. The molecule has 0 bridgehead atoms. The van der Waals surface area contributed by atoms with E-state index in [2.05, 4.69) is 5.32 Å². The minimum Gasteiger partial charge on any atom is -0.399 e. The lowest BCUT2D eigenvalue weighted by molar-refractivity contribution is -0.137. The maximum atomic E-state index is 12.9. The minimum absolute atomic E-state index is 0.00618. The largest absolute Gasteiger partial charge is 0.418 e. The fourth-order valence-corrected chi connectivity index (χ4v) is 2.26. The van der Waals surface area contributed by atoms with Crippen molar-refractivity contribution in [1.82, 2.24) is 0 Å². The Morgan fingerprint density at radius 3 is 2.47 bits per heavy atom. The monoisotopic (exact) mass is 274 g/mol. The number of nitrogens with two attached hydrogens (primary N) is 1. The van der Waals surface area contributed by atoms with E-state index >= 15 is 0 Å². The number of alkyl halides is 3. The Morgan fingerprint density at radius 2 is 2.00 bits per heavy atom. The number of halogens is 3. The second kappa shape index (κ2) is 4.30. The van der Waals surface area contributed by atoms with E-state index in [0.717, 1.165) is 6.07 Å². The molecule has 4 N–H and O–H groups in total. The Kier molecular flexibility index (Phi) is 3.16. The summed E-state index contributed by atoms with van der Waals surface area (Å²) in [7, 11) is 0. The van der Waals surface area contributed by atoms with Crippen molar-refractivity contribution >= 4 is 11.4 Å². The molecule has 0 spiro atoms. The molecule has 1 fully saturated rings. The molecule has 1 aliphatic carbocycles. The van der Waals surface area contributed by atoms with Crippen LogP contribution >= 0.6 is 0 Å². The van der Waals surface area contributed by atoms with E-state index in [1.54, 1.807) is 0 Å². The zero-order valence-corrected chi connectivity index (χ0v) is 10.8. The number of aliphatic hydroxyl groups excluding tert-OH is 1. The number of aliphatic hydroxyl groups is 1. The lowest BCUT2D eigenvalue weighted by Gasteiger charge is -2.50. The highest BCUT2D eigenvalue weighted by Gasteiger charge is 2.48. The fourth-order valence-electron chi connectivity index (χ4n) is 2.26. The van der Waals surface area contributed by atoms with Crippen molar-refractivity contribution in [2.75, 3.05) is 11.1 Å². The first-order valence-electron chi connectivity index (χ1n) is 6.03. The van der Waals surface area contributed by atoms with Gasteiger partial charge in [0.2, 0.25) is 0 Å². The van der Waals surface area contributed by atoms with E-state index in [-0.39, 0.29) is 17.4 Å². The Bertz CT molecular complexity index is 485. The summed E-state index contributed by atoms with van der Waals surface area (Å²) in [6.45, 7) is 3.65. The SMILES string of the molecule is CC1(C)C(O)CC1Nc1ccc(N)cc1C(F)(F)F. The van der Waals surface area contributed by atoms with Gasteiger partial charge in [-0.25, -0.2) is 0 Å². The van der Waals surface area contributed by atoms with Crippen molar-refractivity contribution in [3.8, 4) is 0 Å². The van der Waals surface area contributed by atoms with Gasteiger partial charge in [0.15, 0.2) is 0 Å². The van der Waals surface area contributed by atoms with Gasteiger partial charge in [0.25, 0.3) is 0 Å². The summed E-state index contributed by atoms with van der Waals surface area (Å²) in [5.41, 5.74) is 4.28. The van der Waals surface area contributed by atoms with E-state index in [0.29, 0.717) is 6.42 Å². The van der Waals surface area contributed by atoms with E-state index in [9.17, 15) is 18.3 Å². The summed E-state index contributed by atoms with van der Waals surface area (Å²) in [6.07, 6.45) is -4.51. The molecule has 2 unspecified atom stereocenters. The fraction of sp³-hybridized carbons (Fsp3) is 0.538. The molecule has 1 aromatic carbocycles. The van der Waals surface area contributed by atoms with Gasteiger partial charge in [0, 0.05) is 22.8 Å². The van der Waals surface area contributed by atoms with Crippen LogP contribution in [0.15, 0.2) is 18.2 Å². The zero-order valence-electron chi connectivity index (χ0n) is 10.8. The number of hydrogen-bond acceptors (Lipinski definition) is 3. The highest BCUT2D eigenvalue weighted by molar-refractivity contribution is 5.60. The Morgan fingerprint density at radius 1 is 1.37 bits per heavy atom. The molecular weight excluding hydrogens is 257 g/mol. The van der Waals surface area contributed by atoms with Crippen LogP contribution in [0.5, 0.6) is 0 Å². The molecular formula is C13H17F3N2O. The van der Waals surface area contributed by atoms with Crippen molar-refractivity contribution in [3.05, 3.63) is 23.8 Å². The van der Waals surface area contributed by atoms with Gasteiger partial charge >= 0.3 is 6.18 Å². The van der Waals surface area contributed by atoms with Crippen LogP contribution in [-0.2, 0) is 6.18 Å². The molecule has 0 heterocycles. The van der Waals surface area contributed by atoms with Gasteiger partial charge in [0.05, 0.1) is 11.7 Å². The summed E-state index contributed by atoms with van der Waals surface area (Å²) < 4.78 is 38.8. The van der Waals surface area contributed by atoms with Crippen LogP contribution in [0.2, 0.25) is 0 Å². The van der Waals surface area contributed by atoms with E-state index in [4.69, 9.17) is 5.73 Å². The van der Waals surface area contributed by atoms with Gasteiger partial charge in [0.1, 0.15) is 0 Å². The average Bonchev–Trinajstić information content (AvgIpc) is 2.29. The molecule has 3 nitrogen and oxygen atoms in total. The number of rotatable bonds is 2. The lowest BCUT2D eigenvalue weighted by atomic mass is 9.64. The van der Waals surface area contributed by atoms with Crippen molar-refractivity contribution < 1.29 is 18.3 Å². The molecule has 6 heteroatoms. The smallest absolute Gasteiger partial charge is 0.399 e. The molecule has 2 rings (SSSR count). The average molecular weight is 274 g/mol. The number of hydrogen-bond donors (Lipinski definition) is 3. The topological polar surface area (TPSA) is 58.3 Å². The third kappa shape index (κ3) is 2.49. The summed E-state index contributed by atoms with van der Waals surface area (Å²) in [5.74, 6) is 0. The zero-order chi connectivity index (χ0) is 14.4. The standard InChI is InChI=1S/C13H17F3N2O/c1-12(2)10(6-11(12)19)18-9-4-3-7(17)5-8(9)13(14,15)16/h3-5,10-11,18-19H,6,17H2,1-2H3. The number of nitrogen functional groups attached to an aromatic ring is 1. The van der Waals surface area contributed by atoms with Crippen LogP contribution in [-0.4, -0.2) is 17.3 Å². The first-order chi connectivity index (χ1) is 8.62. The second-order valence-corrected chi connectivity index (χ2v) is 5.57. The highest BCUT2D eigenvalue weighted by atomic mass is 19.4. The predicted molar refractivity (Wildman–Crippen MR) is 67.7 cm³/mol. The first kappa shape index (κ1) is 14.0. The van der Waals surface area contributed by atoms with Gasteiger partial charge in [-0.1, -0.05) is 13.8 Å². The third-order valence-electron chi connectivity index (χ3n) is 3.89. The van der Waals surface area contributed by atoms with Crippen LogP contribution in [0, 0.1) is 5.41 Å². The second-order valence-electron chi connectivity index (χ2n) is 5.57. The van der Waals surface area contributed by atoms with Crippen molar-refractivity contribution in [1.29, 1.82) is 0 Å². The number of anilines is 2. The van der Waals surface area contributed by atoms with Crippen LogP contribution in [0.1, 0.15) is 25.8 Å². The molecule has 0 aromatic heterocycles. The van der Waals surface area contributed by atoms with Gasteiger partial charge in [-0.05, 0) is 24.6 Å². The maximum Gasteiger partial charge on any atom is 0.418 e. The van der Waals surface area contributed by atoms with Gasteiger partial charge < -0.3 is 16.2 Å².